The molecule has 19 heavy (non-hydrogen) atoms. The van der Waals surface area contributed by atoms with Crippen LogP contribution < -0.4 is 4.74 Å². The molecule has 1 N–H and O–H groups in total. The van der Waals surface area contributed by atoms with Crippen molar-refractivity contribution in [1.82, 2.24) is 0 Å². The molecule has 0 aromatic heterocycles. The fourth-order valence-corrected chi connectivity index (χ4v) is 1.68. The average Bonchev–Trinajstić information content (AvgIpc) is 2.40. The maximum absolute atomic E-state index is 13.4. The zero-order chi connectivity index (χ0) is 13.8. The van der Waals surface area contributed by atoms with Crippen LogP contribution in [-0.2, 0) is 6.61 Å². The first-order valence-corrected chi connectivity index (χ1v) is 5.91. The van der Waals surface area contributed by atoms with E-state index in [-0.39, 0.29) is 12.2 Å². The Labute approximate surface area is 110 Å². The van der Waals surface area contributed by atoms with Crippen molar-refractivity contribution in [2.45, 2.75) is 19.6 Å². The third-order valence-electron chi connectivity index (χ3n) is 2.74. The maximum atomic E-state index is 13.4. The van der Waals surface area contributed by atoms with Gasteiger partial charge < -0.3 is 9.84 Å². The van der Waals surface area contributed by atoms with E-state index in [1.54, 1.807) is 31.2 Å². The largest absolute Gasteiger partial charge is 0.489 e. The minimum absolute atomic E-state index is 0.0626. The standard InChI is InChI=1S/C15H14F2O2/c1-10(18)11-3-2-4-14(8-11)19-9-12-7-13(16)5-6-15(12)17/h2-8,10,18H,9H2,1H3. The van der Waals surface area contributed by atoms with Gasteiger partial charge in [-0.1, -0.05) is 12.1 Å². The van der Waals surface area contributed by atoms with Crippen LogP contribution in [0, 0.1) is 11.6 Å². The minimum atomic E-state index is -0.602. The van der Waals surface area contributed by atoms with Gasteiger partial charge >= 0.3 is 0 Å². The van der Waals surface area contributed by atoms with Gasteiger partial charge in [0.25, 0.3) is 0 Å². The van der Waals surface area contributed by atoms with Gasteiger partial charge in [0.1, 0.15) is 24.0 Å². The summed E-state index contributed by atoms with van der Waals surface area (Å²) in [7, 11) is 0. The van der Waals surface area contributed by atoms with Gasteiger partial charge in [-0.2, -0.15) is 0 Å². The molecule has 0 aliphatic heterocycles. The molecule has 1 unspecified atom stereocenters. The maximum Gasteiger partial charge on any atom is 0.130 e. The number of aliphatic hydroxyl groups excluding tert-OH is 1. The predicted molar refractivity (Wildman–Crippen MR) is 67.8 cm³/mol. The van der Waals surface area contributed by atoms with E-state index >= 15 is 0 Å². The Balaban J connectivity index is 2.10. The summed E-state index contributed by atoms with van der Waals surface area (Å²) in [4.78, 5) is 0. The molecule has 0 spiro atoms. The monoisotopic (exact) mass is 264 g/mol. The molecule has 0 fully saturated rings. The lowest BCUT2D eigenvalue weighted by molar-refractivity contribution is 0.198. The van der Waals surface area contributed by atoms with E-state index in [0.29, 0.717) is 11.3 Å². The minimum Gasteiger partial charge on any atom is -0.489 e. The molecule has 100 valence electrons. The highest BCUT2D eigenvalue weighted by Crippen LogP contribution is 2.20. The molecule has 2 aromatic carbocycles. The van der Waals surface area contributed by atoms with E-state index in [2.05, 4.69) is 0 Å². The number of hydrogen-bond donors (Lipinski definition) is 1. The van der Waals surface area contributed by atoms with E-state index < -0.39 is 17.7 Å². The molecular formula is C15H14F2O2. The molecule has 4 heteroatoms. The summed E-state index contributed by atoms with van der Waals surface area (Å²) in [5.74, 6) is -0.507. The van der Waals surface area contributed by atoms with E-state index in [1.807, 2.05) is 0 Å². The van der Waals surface area contributed by atoms with E-state index in [1.165, 1.54) is 0 Å². The summed E-state index contributed by atoms with van der Waals surface area (Å²) in [6, 6.07) is 10.1. The number of hydrogen-bond acceptors (Lipinski definition) is 2. The molecule has 2 rings (SSSR count). The molecule has 0 saturated carbocycles. The Hall–Kier alpha value is -1.94. The van der Waals surface area contributed by atoms with Crippen LogP contribution in [-0.4, -0.2) is 5.11 Å². The van der Waals surface area contributed by atoms with E-state index in [0.717, 1.165) is 18.2 Å². The van der Waals surface area contributed by atoms with Crippen molar-refractivity contribution in [3.8, 4) is 5.75 Å². The van der Waals surface area contributed by atoms with Crippen LogP contribution in [0.3, 0.4) is 0 Å². The highest BCUT2D eigenvalue weighted by Gasteiger charge is 2.06. The van der Waals surface area contributed by atoms with Crippen molar-refractivity contribution in [3.05, 3.63) is 65.2 Å². The van der Waals surface area contributed by atoms with Gasteiger partial charge in [-0.05, 0) is 42.8 Å². The molecule has 0 aliphatic rings. The summed E-state index contributed by atoms with van der Waals surface area (Å²) >= 11 is 0. The van der Waals surface area contributed by atoms with Crippen LogP contribution in [0.5, 0.6) is 5.75 Å². The van der Waals surface area contributed by atoms with Crippen LogP contribution >= 0.6 is 0 Å². The quantitative estimate of drug-likeness (QED) is 0.914. The molecule has 0 bridgehead atoms. The Kier molecular flexibility index (Phi) is 4.12. The van der Waals surface area contributed by atoms with Crippen LogP contribution in [0.1, 0.15) is 24.2 Å². The first-order chi connectivity index (χ1) is 9.06. The number of ether oxygens (including phenoxy) is 1. The molecule has 0 amide bonds. The van der Waals surface area contributed by atoms with E-state index in [4.69, 9.17) is 4.74 Å². The third-order valence-corrected chi connectivity index (χ3v) is 2.74. The van der Waals surface area contributed by atoms with Gasteiger partial charge in [0, 0.05) is 5.56 Å². The summed E-state index contributed by atoms with van der Waals surface area (Å²) in [5.41, 5.74) is 0.861. The van der Waals surface area contributed by atoms with Gasteiger partial charge in [0.2, 0.25) is 0 Å². The lowest BCUT2D eigenvalue weighted by Crippen LogP contribution is -2.00. The first kappa shape index (κ1) is 13.5. The molecule has 0 saturated heterocycles. The Morgan fingerprint density at radius 2 is 1.95 bits per heavy atom. The lowest BCUT2D eigenvalue weighted by atomic mass is 10.1. The molecule has 0 aliphatic carbocycles. The third kappa shape index (κ3) is 3.51. The highest BCUT2D eigenvalue weighted by molar-refractivity contribution is 5.30. The summed E-state index contributed by atoms with van der Waals surface area (Å²) < 4.78 is 31.8. The number of halogens is 2. The molecule has 1 atom stereocenters. The van der Waals surface area contributed by atoms with Crippen LogP contribution in [0.4, 0.5) is 8.78 Å². The Bertz CT molecular complexity index is 568. The second-order valence-electron chi connectivity index (χ2n) is 4.27. The number of aliphatic hydroxyl groups is 1. The van der Waals surface area contributed by atoms with Crippen molar-refractivity contribution in [3.63, 3.8) is 0 Å². The second kappa shape index (κ2) is 5.80. The Morgan fingerprint density at radius 3 is 2.68 bits per heavy atom. The topological polar surface area (TPSA) is 29.5 Å². The zero-order valence-electron chi connectivity index (χ0n) is 10.4. The van der Waals surface area contributed by atoms with Crippen molar-refractivity contribution in [2.75, 3.05) is 0 Å². The van der Waals surface area contributed by atoms with E-state index in [9.17, 15) is 13.9 Å². The second-order valence-corrected chi connectivity index (χ2v) is 4.27. The van der Waals surface area contributed by atoms with Crippen molar-refractivity contribution < 1.29 is 18.6 Å². The van der Waals surface area contributed by atoms with Gasteiger partial charge in [0.15, 0.2) is 0 Å². The molecule has 2 nitrogen and oxygen atoms in total. The predicted octanol–water partition coefficient (Wildman–Crippen LogP) is 3.60. The van der Waals surface area contributed by atoms with Crippen LogP contribution in [0.25, 0.3) is 0 Å². The fraction of sp³-hybridized carbons (Fsp3) is 0.200. The van der Waals surface area contributed by atoms with Crippen LogP contribution in [0.15, 0.2) is 42.5 Å². The number of benzene rings is 2. The van der Waals surface area contributed by atoms with Gasteiger partial charge in [-0.25, -0.2) is 8.78 Å². The molecular weight excluding hydrogens is 250 g/mol. The summed E-state index contributed by atoms with van der Waals surface area (Å²) in [6.45, 7) is 1.58. The first-order valence-electron chi connectivity index (χ1n) is 5.91. The summed E-state index contributed by atoms with van der Waals surface area (Å²) in [5, 5.41) is 9.45. The van der Waals surface area contributed by atoms with Crippen molar-refractivity contribution >= 4 is 0 Å². The van der Waals surface area contributed by atoms with Gasteiger partial charge in [-0.3, -0.25) is 0 Å². The fourth-order valence-electron chi connectivity index (χ4n) is 1.68. The van der Waals surface area contributed by atoms with Gasteiger partial charge in [0.05, 0.1) is 6.10 Å². The molecule has 0 radical (unpaired) electrons. The lowest BCUT2D eigenvalue weighted by Gasteiger charge is -2.10. The normalized spacial score (nSPS) is 12.2. The molecule has 2 aromatic rings. The number of rotatable bonds is 4. The zero-order valence-corrected chi connectivity index (χ0v) is 10.4. The SMILES string of the molecule is CC(O)c1cccc(OCc2cc(F)ccc2F)c1. The smallest absolute Gasteiger partial charge is 0.130 e. The summed E-state index contributed by atoms with van der Waals surface area (Å²) in [6.07, 6.45) is -0.602. The van der Waals surface area contributed by atoms with Crippen LogP contribution in [0.2, 0.25) is 0 Å². The van der Waals surface area contributed by atoms with Crippen molar-refractivity contribution in [1.29, 1.82) is 0 Å². The van der Waals surface area contributed by atoms with Gasteiger partial charge in [-0.15, -0.1) is 0 Å². The average molecular weight is 264 g/mol. The Morgan fingerprint density at radius 1 is 1.16 bits per heavy atom. The highest BCUT2D eigenvalue weighted by atomic mass is 19.1. The molecule has 0 heterocycles. The van der Waals surface area contributed by atoms with Crippen molar-refractivity contribution in [2.24, 2.45) is 0 Å².